The summed E-state index contributed by atoms with van der Waals surface area (Å²) in [5, 5.41) is 5.57. The highest BCUT2D eigenvalue weighted by atomic mass is 16.6. The summed E-state index contributed by atoms with van der Waals surface area (Å²) < 4.78 is 5.36. The fourth-order valence-electron chi connectivity index (χ4n) is 4.43. The molecule has 2 N–H and O–H groups in total. The number of hydrogen-bond acceptors (Lipinski definition) is 4. The van der Waals surface area contributed by atoms with Gasteiger partial charge in [0.05, 0.1) is 11.8 Å². The molecule has 0 spiro atoms. The van der Waals surface area contributed by atoms with Gasteiger partial charge in [0.15, 0.2) is 0 Å². The van der Waals surface area contributed by atoms with Crippen molar-refractivity contribution in [3.8, 4) is 0 Å². The summed E-state index contributed by atoms with van der Waals surface area (Å²) in [5.41, 5.74) is 1.34. The number of fused-ring (bicyclic) bond motifs is 1. The minimum Gasteiger partial charge on any atom is -0.462 e. The molecule has 120 valence electrons. The lowest BCUT2D eigenvalue weighted by Gasteiger charge is -2.23. The molecule has 0 unspecified atom stereocenters. The van der Waals surface area contributed by atoms with E-state index in [0.717, 1.165) is 12.8 Å². The molecule has 1 aromatic carbocycles. The van der Waals surface area contributed by atoms with E-state index >= 15 is 0 Å². The number of rotatable bonds is 3. The maximum Gasteiger partial charge on any atom is 0.310 e. The molecule has 2 bridgehead atoms. The Morgan fingerprint density at radius 2 is 1.74 bits per heavy atom. The van der Waals surface area contributed by atoms with Crippen LogP contribution in [0.1, 0.15) is 19.8 Å². The Bertz CT molecular complexity index is 682. The molecule has 1 aliphatic heterocycles. The standard InChI is InChI=1S/C17H18N2O4/c1-8(20)18-10-2-4-11(5-3-10)19-16(21)14-9-6-12-13(7-9)23-17(22)15(12)14/h2-5,9,12-15H,6-7H2,1H3,(H,18,20)(H,19,21)/t9-,12-,13-,14+,15+/m1/s1. The van der Waals surface area contributed by atoms with Crippen LogP contribution in [0.3, 0.4) is 0 Å². The van der Waals surface area contributed by atoms with E-state index in [1.165, 1.54) is 6.92 Å². The summed E-state index contributed by atoms with van der Waals surface area (Å²) in [6.45, 7) is 1.44. The van der Waals surface area contributed by atoms with E-state index in [9.17, 15) is 14.4 Å². The van der Waals surface area contributed by atoms with Crippen molar-refractivity contribution in [2.75, 3.05) is 10.6 Å². The van der Waals surface area contributed by atoms with Crippen molar-refractivity contribution in [3.63, 3.8) is 0 Å². The van der Waals surface area contributed by atoms with Gasteiger partial charge in [0.1, 0.15) is 6.10 Å². The number of anilines is 2. The van der Waals surface area contributed by atoms with Crippen molar-refractivity contribution >= 4 is 29.2 Å². The molecule has 4 rings (SSSR count). The number of benzene rings is 1. The van der Waals surface area contributed by atoms with Crippen LogP contribution >= 0.6 is 0 Å². The van der Waals surface area contributed by atoms with Gasteiger partial charge in [-0.2, -0.15) is 0 Å². The van der Waals surface area contributed by atoms with Gasteiger partial charge in [-0.25, -0.2) is 0 Å². The third-order valence-corrected chi connectivity index (χ3v) is 5.26. The first-order chi connectivity index (χ1) is 11.0. The Kier molecular flexibility index (Phi) is 3.14. The van der Waals surface area contributed by atoms with Crippen LogP contribution in [0.4, 0.5) is 11.4 Å². The normalized spacial score (nSPS) is 33.4. The molecule has 23 heavy (non-hydrogen) atoms. The molecule has 1 heterocycles. The van der Waals surface area contributed by atoms with Crippen molar-refractivity contribution < 1.29 is 19.1 Å². The van der Waals surface area contributed by atoms with Gasteiger partial charge >= 0.3 is 5.97 Å². The number of esters is 1. The summed E-state index contributed by atoms with van der Waals surface area (Å²) in [6, 6.07) is 6.95. The lowest BCUT2D eigenvalue weighted by Crippen LogP contribution is -2.35. The number of amides is 2. The van der Waals surface area contributed by atoms with Crippen molar-refractivity contribution in [1.82, 2.24) is 0 Å². The summed E-state index contributed by atoms with van der Waals surface area (Å²) in [5.74, 6) is -0.518. The van der Waals surface area contributed by atoms with E-state index in [4.69, 9.17) is 4.74 Å². The third-order valence-electron chi connectivity index (χ3n) is 5.26. The smallest absolute Gasteiger partial charge is 0.310 e. The quantitative estimate of drug-likeness (QED) is 0.833. The highest BCUT2D eigenvalue weighted by Crippen LogP contribution is 2.57. The summed E-state index contributed by atoms with van der Waals surface area (Å²) >= 11 is 0. The molecule has 3 aliphatic rings. The molecule has 2 amide bonds. The molecule has 5 atom stereocenters. The first-order valence-corrected chi connectivity index (χ1v) is 7.92. The van der Waals surface area contributed by atoms with E-state index in [-0.39, 0.29) is 47.6 Å². The van der Waals surface area contributed by atoms with Crippen molar-refractivity contribution in [1.29, 1.82) is 0 Å². The van der Waals surface area contributed by atoms with E-state index < -0.39 is 0 Å². The van der Waals surface area contributed by atoms with Gasteiger partial charge in [0.25, 0.3) is 0 Å². The molecule has 1 saturated heterocycles. The zero-order valence-corrected chi connectivity index (χ0v) is 12.7. The average Bonchev–Trinajstić information content (AvgIpc) is 3.10. The largest absolute Gasteiger partial charge is 0.462 e. The first kappa shape index (κ1) is 14.2. The number of hydrogen-bond donors (Lipinski definition) is 2. The minimum atomic E-state index is -0.277. The van der Waals surface area contributed by atoms with Gasteiger partial charge in [-0.1, -0.05) is 0 Å². The molecule has 0 radical (unpaired) electrons. The second kappa shape index (κ2) is 5.08. The van der Waals surface area contributed by atoms with Gasteiger partial charge in [0, 0.05) is 24.2 Å². The Balaban J connectivity index is 1.46. The molecule has 3 fully saturated rings. The van der Waals surface area contributed by atoms with Gasteiger partial charge in [-0.3, -0.25) is 14.4 Å². The zero-order valence-electron chi connectivity index (χ0n) is 12.7. The fraction of sp³-hybridized carbons (Fsp3) is 0.471. The second-order valence-electron chi connectivity index (χ2n) is 6.67. The second-order valence-corrected chi connectivity index (χ2v) is 6.67. The summed E-state index contributed by atoms with van der Waals surface area (Å²) in [4.78, 5) is 35.6. The zero-order chi connectivity index (χ0) is 16.1. The molecular formula is C17H18N2O4. The van der Waals surface area contributed by atoms with Gasteiger partial charge < -0.3 is 15.4 Å². The molecule has 6 heteroatoms. The molecule has 2 saturated carbocycles. The number of carbonyl (C=O) groups excluding carboxylic acids is 3. The summed E-state index contributed by atoms with van der Waals surface area (Å²) in [6.07, 6.45) is 1.77. The molecule has 1 aromatic rings. The SMILES string of the molecule is CC(=O)Nc1ccc(NC(=O)[C@H]2[C@@H]3C[C@H]4[C@@H]2C(=O)O[C@@H]4C3)cc1. The Labute approximate surface area is 133 Å². The summed E-state index contributed by atoms with van der Waals surface area (Å²) in [7, 11) is 0. The van der Waals surface area contributed by atoms with E-state index in [0.29, 0.717) is 11.4 Å². The Morgan fingerprint density at radius 1 is 1.09 bits per heavy atom. The Hall–Kier alpha value is -2.37. The number of ether oxygens (including phenoxy) is 1. The predicted octanol–water partition coefficient (Wildman–Crippen LogP) is 1.78. The average molecular weight is 314 g/mol. The van der Waals surface area contributed by atoms with Crippen LogP contribution < -0.4 is 10.6 Å². The Morgan fingerprint density at radius 3 is 2.39 bits per heavy atom. The van der Waals surface area contributed by atoms with Gasteiger partial charge in [-0.05, 0) is 43.0 Å². The predicted molar refractivity (Wildman–Crippen MR) is 82.4 cm³/mol. The van der Waals surface area contributed by atoms with E-state index in [1.807, 2.05) is 0 Å². The molecule has 0 aromatic heterocycles. The van der Waals surface area contributed by atoms with E-state index in [1.54, 1.807) is 24.3 Å². The lowest BCUT2D eigenvalue weighted by molar-refractivity contribution is -0.145. The van der Waals surface area contributed by atoms with Crippen LogP contribution in [-0.4, -0.2) is 23.9 Å². The van der Waals surface area contributed by atoms with Crippen LogP contribution in [0.25, 0.3) is 0 Å². The molecular weight excluding hydrogens is 296 g/mol. The van der Waals surface area contributed by atoms with Crippen LogP contribution in [0.15, 0.2) is 24.3 Å². The van der Waals surface area contributed by atoms with Crippen molar-refractivity contribution in [3.05, 3.63) is 24.3 Å². The highest BCUT2D eigenvalue weighted by molar-refractivity contribution is 5.97. The van der Waals surface area contributed by atoms with Crippen molar-refractivity contribution in [2.24, 2.45) is 23.7 Å². The monoisotopic (exact) mass is 314 g/mol. The van der Waals surface area contributed by atoms with Crippen LogP contribution in [0.5, 0.6) is 0 Å². The minimum absolute atomic E-state index is 0.0403. The number of nitrogens with one attached hydrogen (secondary N) is 2. The number of carbonyl (C=O) groups is 3. The van der Waals surface area contributed by atoms with Crippen LogP contribution in [0, 0.1) is 23.7 Å². The maximum atomic E-state index is 12.6. The molecule has 6 nitrogen and oxygen atoms in total. The van der Waals surface area contributed by atoms with Crippen LogP contribution in [-0.2, 0) is 19.1 Å². The fourth-order valence-corrected chi connectivity index (χ4v) is 4.43. The van der Waals surface area contributed by atoms with Gasteiger partial charge in [0.2, 0.25) is 11.8 Å². The molecule has 2 aliphatic carbocycles. The highest BCUT2D eigenvalue weighted by Gasteiger charge is 2.63. The van der Waals surface area contributed by atoms with Gasteiger partial charge in [-0.15, -0.1) is 0 Å². The first-order valence-electron chi connectivity index (χ1n) is 7.92. The lowest BCUT2D eigenvalue weighted by atomic mass is 9.79. The van der Waals surface area contributed by atoms with Crippen LogP contribution in [0.2, 0.25) is 0 Å². The maximum absolute atomic E-state index is 12.6. The van der Waals surface area contributed by atoms with E-state index in [2.05, 4.69) is 10.6 Å². The topological polar surface area (TPSA) is 84.5 Å². The third kappa shape index (κ3) is 2.29. The van der Waals surface area contributed by atoms with Crippen molar-refractivity contribution in [2.45, 2.75) is 25.9 Å².